The van der Waals surface area contributed by atoms with Crippen LogP contribution in [0.25, 0.3) is 0 Å². The van der Waals surface area contributed by atoms with Gasteiger partial charge in [0.05, 0.1) is 10.7 Å². The molecule has 18 heavy (non-hydrogen) atoms. The van der Waals surface area contributed by atoms with E-state index in [0.717, 1.165) is 5.56 Å². The Morgan fingerprint density at radius 1 is 1.22 bits per heavy atom. The molecule has 0 unspecified atom stereocenters. The first kappa shape index (κ1) is 15.5. The number of hydrogen-bond donors (Lipinski definition) is 1. The van der Waals surface area contributed by atoms with Crippen LogP contribution >= 0.6 is 19.3 Å². The number of hydrogen-bond acceptors (Lipinski definition) is 3. The molecule has 1 aromatic rings. The molecule has 0 bridgehead atoms. The smallest absolute Gasteiger partial charge is 0.296 e. The van der Waals surface area contributed by atoms with Gasteiger partial charge in [-0.15, -0.1) is 0 Å². The zero-order chi connectivity index (χ0) is 14.0. The summed E-state index contributed by atoms with van der Waals surface area (Å²) in [5.74, 6) is 0. The first-order valence-electron chi connectivity index (χ1n) is 5.51. The summed E-state index contributed by atoms with van der Waals surface area (Å²) < 4.78 is 21.6. The minimum atomic E-state index is -3.32. The Bertz CT molecular complexity index is 463. The Balaban J connectivity index is 3.04. The van der Waals surface area contributed by atoms with Gasteiger partial charge < -0.3 is 0 Å². The second-order valence-electron chi connectivity index (χ2n) is 4.92. The number of halogens is 1. The summed E-state index contributed by atoms with van der Waals surface area (Å²) in [7, 11) is -0.692. The van der Waals surface area contributed by atoms with Gasteiger partial charge in [0.25, 0.3) is 0 Å². The predicted octanol–water partition coefficient (Wildman–Crippen LogP) is 4.45. The van der Waals surface area contributed by atoms with Gasteiger partial charge in [0.1, 0.15) is 0 Å². The van der Waals surface area contributed by atoms with Gasteiger partial charge >= 0.3 is 7.75 Å². The number of rotatable bonds is 4. The van der Waals surface area contributed by atoms with Crippen molar-refractivity contribution >= 4 is 25.0 Å². The molecule has 0 aliphatic rings. The second kappa shape index (κ2) is 5.62. The Morgan fingerprint density at radius 3 is 2.17 bits per heavy atom. The van der Waals surface area contributed by atoms with E-state index in [-0.39, 0.29) is 5.41 Å². The van der Waals surface area contributed by atoms with Gasteiger partial charge in [0.15, 0.2) is 0 Å². The lowest BCUT2D eigenvalue weighted by atomic mass is 9.87. The van der Waals surface area contributed by atoms with Crippen molar-refractivity contribution in [1.82, 2.24) is 0 Å². The van der Waals surface area contributed by atoms with Gasteiger partial charge in [0, 0.05) is 14.2 Å². The standard InChI is InChI=1S/C12H19ClNO3P/c1-12(2,3)9-6-7-11(10(13)8-9)14-18(15,16-4)17-5/h6-8H,1-5H3,(H,14,15). The molecular formula is C12H19ClNO3P. The molecule has 0 atom stereocenters. The van der Waals surface area contributed by atoms with Crippen LogP contribution in [0.1, 0.15) is 26.3 Å². The molecule has 0 saturated heterocycles. The fourth-order valence-corrected chi connectivity index (χ4v) is 2.50. The number of anilines is 1. The van der Waals surface area contributed by atoms with Gasteiger partial charge in [-0.2, -0.15) is 0 Å². The van der Waals surface area contributed by atoms with Gasteiger partial charge in [-0.05, 0) is 23.1 Å². The third-order valence-electron chi connectivity index (χ3n) is 2.57. The first-order valence-corrected chi connectivity index (χ1v) is 7.44. The summed E-state index contributed by atoms with van der Waals surface area (Å²) in [4.78, 5) is 0. The van der Waals surface area contributed by atoms with Crippen LogP contribution in [0.5, 0.6) is 0 Å². The lowest BCUT2D eigenvalue weighted by Gasteiger charge is -2.21. The van der Waals surface area contributed by atoms with Crippen LogP contribution in [0.4, 0.5) is 5.69 Å². The summed E-state index contributed by atoms with van der Waals surface area (Å²) >= 11 is 6.16. The van der Waals surface area contributed by atoms with E-state index in [0.29, 0.717) is 10.7 Å². The molecule has 0 radical (unpaired) electrons. The van der Waals surface area contributed by atoms with Crippen LogP contribution in [-0.4, -0.2) is 14.2 Å². The van der Waals surface area contributed by atoms with E-state index in [1.165, 1.54) is 14.2 Å². The van der Waals surface area contributed by atoms with Crippen LogP contribution in [0.2, 0.25) is 5.02 Å². The zero-order valence-electron chi connectivity index (χ0n) is 11.3. The first-order chi connectivity index (χ1) is 8.22. The van der Waals surface area contributed by atoms with E-state index in [4.69, 9.17) is 20.6 Å². The molecule has 4 nitrogen and oxygen atoms in total. The molecule has 0 saturated carbocycles. The Labute approximate surface area is 113 Å². The highest BCUT2D eigenvalue weighted by atomic mass is 35.5. The molecule has 1 N–H and O–H groups in total. The van der Waals surface area contributed by atoms with E-state index < -0.39 is 7.75 Å². The third-order valence-corrected chi connectivity index (χ3v) is 4.36. The summed E-state index contributed by atoms with van der Waals surface area (Å²) in [6, 6.07) is 5.55. The molecule has 0 aliphatic heterocycles. The molecule has 0 fully saturated rings. The highest BCUT2D eigenvalue weighted by molar-refractivity contribution is 7.55. The molecule has 6 heteroatoms. The van der Waals surface area contributed by atoms with Gasteiger partial charge in [-0.3, -0.25) is 14.1 Å². The monoisotopic (exact) mass is 291 g/mol. The average molecular weight is 292 g/mol. The van der Waals surface area contributed by atoms with Crippen molar-refractivity contribution in [2.24, 2.45) is 0 Å². The lowest BCUT2D eigenvalue weighted by molar-refractivity contribution is 0.281. The summed E-state index contributed by atoms with van der Waals surface area (Å²) in [6.45, 7) is 6.29. The normalized spacial score (nSPS) is 12.6. The largest absolute Gasteiger partial charge is 0.432 e. The Hall–Kier alpha value is -0.540. The minimum Gasteiger partial charge on any atom is -0.296 e. The van der Waals surface area contributed by atoms with Crippen LogP contribution in [0.15, 0.2) is 18.2 Å². The zero-order valence-corrected chi connectivity index (χ0v) is 12.9. The van der Waals surface area contributed by atoms with Crippen LogP contribution < -0.4 is 5.09 Å². The fraction of sp³-hybridized carbons (Fsp3) is 0.500. The van der Waals surface area contributed by atoms with Crippen LogP contribution in [0, 0.1) is 0 Å². The maximum absolute atomic E-state index is 11.9. The van der Waals surface area contributed by atoms with Crippen molar-refractivity contribution in [2.45, 2.75) is 26.2 Å². The summed E-state index contributed by atoms with van der Waals surface area (Å²) in [5.41, 5.74) is 1.63. The second-order valence-corrected chi connectivity index (χ2v) is 7.28. The molecule has 0 heterocycles. The minimum absolute atomic E-state index is 0.00831. The van der Waals surface area contributed by atoms with Crippen LogP contribution in [-0.2, 0) is 19.0 Å². The van der Waals surface area contributed by atoms with Gasteiger partial charge in [-0.1, -0.05) is 38.4 Å². The van der Waals surface area contributed by atoms with E-state index in [2.05, 4.69) is 25.9 Å². The van der Waals surface area contributed by atoms with Crippen molar-refractivity contribution in [3.8, 4) is 0 Å². The van der Waals surface area contributed by atoms with Crippen LogP contribution in [0.3, 0.4) is 0 Å². The lowest BCUT2D eigenvalue weighted by Crippen LogP contribution is -2.11. The number of nitrogens with one attached hydrogen (secondary N) is 1. The molecule has 0 aliphatic carbocycles. The topological polar surface area (TPSA) is 47.6 Å². The van der Waals surface area contributed by atoms with Crippen molar-refractivity contribution in [3.63, 3.8) is 0 Å². The molecular weight excluding hydrogens is 273 g/mol. The third kappa shape index (κ3) is 3.72. The van der Waals surface area contributed by atoms with Gasteiger partial charge in [0.2, 0.25) is 0 Å². The fourth-order valence-electron chi connectivity index (χ4n) is 1.39. The predicted molar refractivity (Wildman–Crippen MR) is 75.4 cm³/mol. The Kier molecular flexibility index (Phi) is 4.84. The van der Waals surface area contributed by atoms with Crippen molar-refractivity contribution < 1.29 is 13.6 Å². The van der Waals surface area contributed by atoms with Gasteiger partial charge in [-0.25, -0.2) is 4.57 Å². The molecule has 0 amide bonds. The molecule has 1 rings (SSSR count). The molecule has 102 valence electrons. The quantitative estimate of drug-likeness (QED) is 0.833. The van der Waals surface area contributed by atoms with E-state index in [1.807, 2.05) is 12.1 Å². The Morgan fingerprint density at radius 2 is 1.78 bits per heavy atom. The number of benzene rings is 1. The van der Waals surface area contributed by atoms with E-state index >= 15 is 0 Å². The highest BCUT2D eigenvalue weighted by Gasteiger charge is 2.23. The summed E-state index contributed by atoms with van der Waals surface area (Å²) in [6.07, 6.45) is 0. The molecule has 0 aromatic heterocycles. The van der Waals surface area contributed by atoms with Crippen molar-refractivity contribution in [2.75, 3.05) is 19.3 Å². The highest BCUT2D eigenvalue weighted by Crippen LogP contribution is 2.47. The maximum Gasteiger partial charge on any atom is 0.432 e. The molecule has 1 aromatic carbocycles. The van der Waals surface area contributed by atoms with E-state index in [1.54, 1.807) is 6.07 Å². The average Bonchev–Trinajstić information content (AvgIpc) is 2.30. The van der Waals surface area contributed by atoms with Crippen molar-refractivity contribution in [3.05, 3.63) is 28.8 Å². The SMILES string of the molecule is COP(=O)(Nc1ccc(C(C)(C)C)cc1Cl)OC. The van der Waals surface area contributed by atoms with Crippen molar-refractivity contribution in [1.29, 1.82) is 0 Å². The van der Waals surface area contributed by atoms with E-state index in [9.17, 15) is 4.57 Å². The summed E-state index contributed by atoms with van der Waals surface area (Å²) in [5, 5.41) is 3.16. The maximum atomic E-state index is 11.9. The molecule has 0 spiro atoms.